The van der Waals surface area contributed by atoms with Crippen molar-refractivity contribution in [3.63, 3.8) is 0 Å². The van der Waals surface area contributed by atoms with E-state index in [0.29, 0.717) is 12.8 Å². The van der Waals surface area contributed by atoms with Gasteiger partial charge >= 0.3 is 12.1 Å². The number of ether oxygens (including phenoxy) is 1. The molecule has 110 valence electrons. The summed E-state index contributed by atoms with van der Waals surface area (Å²) < 4.78 is 39.6. The molecule has 2 N–H and O–H groups in total. The summed E-state index contributed by atoms with van der Waals surface area (Å²) in [6.07, 6.45) is -3.30. The Morgan fingerprint density at radius 3 is 2.37 bits per heavy atom. The molecule has 1 aliphatic rings. The van der Waals surface area contributed by atoms with Gasteiger partial charge in [-0.25, -0.2) is 4.79 Å². The SMILES string of the molecule is CC(NC(=O)CCOCC(F)(F)F)(C(=O)O)C1CC1. The summed E-state index contributed by atoms with van der Waals surface area (Å²) in [7, 11) is 0. The van der Waals surface area contributed by atoms with Crippen LogP contribution in [0, 0.1) is 5.92 Å². The second-order valence-electron chi connectivity index (χ2n) is 4.75. The standard InChI is InChI=1S/C11H16F3NO4/c1-10(9(17)18,7-2-3-7)15-8(16)4-5-19-6-11(12,13)14/h7H,2-6H2,1H3,(H,15,16)(H,17,18). The van der Waals surface area contributed by atoms with Gasteiger partial charge < -0.3 is 15.2 Å². The normalized spacial score (nSPS) is 18.7. The van der Waals surface area contributed by atoms with Crippen LogP contribution < -0.4 is 5.32 Å². The van der Waals surface area contributed by atoms with Gasteiger partial charge in [-0.3, -0.25) is 4.79 Å². The van der Waals surface area contributed by atoms with Crippen LogP contribution in [0.15, 0.2) is 0 Å². The zero-order valence-corrected chi connectivity index (χ0v) is 10.4. The van der Waals surface area contributed by atoms with E-state index in [0.717, 1.165) is 0 Å². The van der Waals surface area contributed by atoms with E-state index in [2.05, 4.69) is 10.1 Å². The second kappa shape index (κ2) is 5.77. The van der Waals surface area contributed by atoms with Crippen LogP contribution in [0.4, 0.5) is 13.2 Å². The molecule has 0 saturated heterocycles. The summed E-state index contributed by atoms with van der Waals surface area (Å²) in [5.74, 6) is -1.89. The molecule has 0 aromatic carbocycles. The molecule has 0 bridgehead atoms. The average molecular weight is 283 g/mol. The molecule has 0 spiro atoms. The number of carboxylic acids is 1. The van der Waals surface area contributed by atoms with Crippen LogP contribution in [-0.2, 0) is 14.3 Å². The maximum Gasteiger partial charge on any atom is 0.411 e. The lowest BCUT2D eigenvalue weighted by Crippen LogP contribution is -2.54. The third kappa shape index (κ3) is 5.06. The van der Waals surface area contributed by atoms with Crippen LogP contribution in [0.3, 0.4) is 0 Å². The quantitative estimate of drug-likeness (QED) is 0.691. The van der Waals surface area contributed by atoms with Gasteiger partial charge in [-0.15, -0.1) is 0 Å². The largest absolute Gasteiger partial charge is 0.480 e. The van der Waals surface area contributed by atoms with Crippen molar-refractivity contribution in [1.29, 1.82) is 0 Å². The van der Waals surface area contributed by atoms with Crippen molar-refractivity contribution >= 4 is 11.9 Å². The molecule has 1 amide bonds. The molecule has 8 heteroatoms. The van der Waals surface area contributed by atoms with Crippen LogP contribution in [0.2, 0.25) is 0 Å². The number of carboxylic acid groups (broad SMARTS) is 1. The highest BCUT2D eigenvalue weighted by atomic mass is 19.4. The lowest BCUT2D eigenvalue weighted by Gasteiger charge is -2.26. The Balaban J connectivity index is 2.32. The summed E-state index contributed by atoms with van der Waals surface area (Å²) in [4.78, 5) is 22.6. The number of hydrogen-bond acceptors (Lipinski definition) is 3. The van der Waals surface area contributed by atoms with Crippen molar-refractivity contribution < 1.29 is 32.6 Å². The van der Waals surface area contributed by atoms with E-state index in [4.69, 9.17) is 5.11 Å². The molecule has 1 rings (SSSR count). The molecule has 19 heavy (non-hydrogen) atoms. The first kappa shape index (κ1) is 15.7. The van der Waals surface area contributed by atoms with E-state index >= 15 is 0 Å². The summed E-state index contributed by atoms with van der Waals surface area (Å²) in [6.45, 7) is -0.410. The number of carbonyl (C=O) groups excluding carboxylic acids is 1. The Kier molecular flexibility index (Phi) is 4.78. The fourth-order valence-corrected chi connectivity index (χ4v) is 1.70. The van der Waals surface area contributed by atoms with Crippen molar-refractivity contribution in [2.45, 2.75) is 37.9 Å². The van der Waals surface area contributed by atoms with Gasteiger partial charge in [0, 0.05) is 6.42 Å². The highest BCUT2D eigenvalue weighted by Gasteiger charge is 2.48. The van der Waals surface area contributed by atoms with Gasteiger partial charge in [0.15, 0.2) is 0 Å². The van der Waals surface area contributed by atoms with E-state index < -0.39 is 36.8 Å². The van der Waals surface area contributed by atoms with Gasteiger partial charge in [0.25, 0.3) is 0 Å². The minimum Gasteiger partial charge on any atom is -0.480 e. The first-order valence-corrected chi connectivity index (χ1v) is 5.84. The zero-order valence-electron chi connectivity index (χ0n) is 10.4. The number of carbonyl (C=O) groups is 2. The average Bonchev–Trinajstić information content (AvgIpc) is 3.06. The zero-order chi connectivity index (χ0) is 14.7. The first-order valence-electron chi connectivity index (χ1n) is 5.84. The van der Waals surface area contributed by atoms with Crippen LogP contribution in [0.1, 0.15) is 26.2 Å². The van der Waals surface area contributed by atoms with Gasteiger partial charge in [-0.05, 0) is 25.7 Å². The minimum absolute atomic E-state index is 0.120. The van der Waals surface area contributed by atoms with Crippen LogP contribution in [0.5, 0.6) is 0 Å². The Hall–Kier alpha value is -1.31. The maximum absolute atomic E-state index is 11.8. The third-order valence-corrected chi connectivity index (χ3v) is 2.98. The summed E-state index contributed by atoms with van der Waals surface area (Å²) in [5.41, 5.74) is -1.35. The lowest BCUT2D eigenvalue weighted by molar-refractivity contribution is -0.174. The fraction of sp³-hybridized carbons (Fsp3) is 0.818. The van der Waals surface area contributed by atoms with Gasteiger partial charge in [-0.1, -0.05) is 0 Å². The smallest absolute Gasteiger partial charge is 0.411 e. The molecule has 1 fully saturated rings. The highest BCUT2D eigenvalue weighted by Crippen LogP contribution is 2.39. The molecule has 5 nitrogen and oxygen atoms in total. The lowest BCUT2D eigenvalue weighted by atomic mass is 9.96. The summed E-state index contributed by atoms with van der Waals surface area (Å²) in [5, 5.41) is 11.4. The van der Waals surface area contributed by atoms with Crippen molar-refractivity contribution in [1.82, 2.24) is 5.32 Å². The number of hydrogen-bond donors (Lipinski definition) is 2. The van der Waals surface area contributed by atoms with Crippen LogP contribution in [0.25, 0.3) is 0 Å². The predicted molar refractivity (Wildman–Crippen MR) is 58.4 cm³/mol. The highest BCUT2D eigenvalue weighted by molar-refractivity contribution is 5.87. The van der Waals surface area contributed by atoms with E-state index in [1.165, 1.54) is 6.92 Å². The third-order valence-electron chi connectivity index (χ3n) is 2.98. The molecular weight excluding hydrogens is 267 g/mol. The molecule has 1 unspecified atom stereocenters. The van der Waals surface area contributed by atoms with E-state index in [9.17, 15) is 22.8 Å². The van der Waals surface area contributed by atoms with Crippen LogP contribution >= 0.6 is 0 Å². The minimum atomic E-state index is -4.43. The number of amides is 1. The maximum atomic E-state index is 11.8. The van der Waals surface area contributed by atoms with Gasteiger partial charge in [-0.2, -0.15) is 13.2 Å². The fourth-order valence-electron chi connectivity index (χ4n) is 1.70. The van der Waals surface area contributed by atoms with Crippen molar-refractivity contribution in [2.24, 2.45) is 5.92 Å². The first-order chi connectivity index (χ1) is 8.65. The summed E-state index contributed by atoms with van der Waals surface area (Å²) in [6, 6.07) is 0. The van der Waals surface area contributed by atoms with E-state index in [-0.39, 0.29) is 12.3 Å². The Labute approximate surface area is 108 Å². The molecule has 0 aliphatic heterocycles. The summed E-state index contributed by atoms with van der Waals surface area (Å²) >= 11 is 0. The number of nitrogens with one attached hydrogen (secondary N) is 1. The molecule has 1 aliphatic carbocycles. The molecule has 1 atom stereocenters. The number of alkyl halides is 3. The van der Waals surface area contributed by atoms with E-state index in [1.54, 1.807) is 0 Å². The number of aliphatic carboxylic acids is 1. The Morgan fingerprint density at radius 2 is 1.95 bits per heavy atom. The molecule has 0 aromatic heterocycles. The molecular formula is C11H16F3NO4. The Morgan fingerprint density at radius 1 is 1.37 bits per heavy atom. The van der Waals surface area contributed by atoms with E-state index in [1.807, 2.05) is 0 Å². The van der Waals surface area contributed by atoms with Crippen molar-refractivity contribution in [3.05, 3.63) is 0 Å². The van der Waals surface area contributed by atoms with Gasteiger partial charge in [0.05, 0.1) is 6.61 Å². The molecule has 1 saturated carbocycles. The predicted octanol–water partition coefficient (Wildman–Crippen LogP) is 1.32. The molecule has 0 aromatic rings. The van der Waals surface area contributed by atoms with Crippen molar-refractivity contribution in [3.8, 4) is 0 Å². The Bertz CT molecular complexity index is 354. The number of rotatable bonds is 7. The second-order valence-corrected chi connectivity index (χ2v) is 4.75. The monoisotopic (exact) mass is 283 g/mol. The molecule has 0 radical (unpaired) electrons. The van der Waals surface area contributed by atoms with Crippen molar-refractivity contribution in [2.75, 3.05) is 13.2 Å². The van der Waals surface area contributed by atoms with Gasteiger partial charge in [0.1, 0.15) is 12.1 Å². The van der Waals surface area contributed by atoms with Gasteiger partial charge in [0.2, 0.25) is 5.91 Å². The number of halogens is 3. The molecule has 0 heterocycles. The topological polar surface area (TPSA) is 75.6 Å². The van der Waals surface area contributed by atoms with Crippen LogP contribution in [-0.4, -0.2) is 41.9 Å².